The molecular weight excluding hydrogens is 282 g/mol. The summed E-state index contributed by atoms with van der Waals surface area (Å²) in [6.07, 6.45) is 0.485. The van der Waals surface area contributed by atoms with Crippen molar-refractivity contribution < 1.29 is 9.59 Å². The summed E-state index contributed by atoms with van der Waals surface area (Å²) < 4.78 is 0.870. The van der Waals surface area contributed by atoms with Crippen LogP contribution in [0.1, 0.15) is 37.0 Å². The molecule has 3 nitrogen and oxygen atoms in total. The molecule has 0 aromatic heterocycles. The second kappa shape index (κ2) is 6.55. The van der Waals surface area contributed by atoms with Crippen LogP contribution in [0.25, 0.3) is 0 Å². The van der Waals surface area contributed by atoms with Gasteiger partial charge in [-0.15, -0.1) is 0 Å². The van der Waals surface area contributed by atoms with Crippen LogP contribution in [0.5, 0.6) is 0 Å². The van der Waals surface area contributed by atoms with Crippen LogP contribution in [0.15, 0.2) is 28.7 Å². The number of halogens is 1. The van der Waals surface area contributed by atoms with E-state index in [4.69, 9.17) is 0 Å². The van der Waals surface area contributed by atoms with Crippen LogP contribution in [0.2, 0.25) is 0 Å². The predicted molar refractivity (Wildman–Crippen MR) is 71.0 cm³/mol. The summed E-state index contributed by atoms with van der Waals surface area (Å²) >= 11 is 3.31. The van der Waals surface area contributed by atoms with Gasteiger partial charge >= 0.3 is 0 Å². The molecule has 1 aromatic rings. The largest absolute Gasteiger partial charge is 0.354 e. The molecule has 0 unspecified atom stereocenters. The highest BCUT2D eigenvalue weighted by Crippen LogP contribution is 2.13. The van der Waals surface area contributed by atoms with Gasteiger partial charge in [-0.05, 0) is 26.0 Å². The Kier molecular flexibility index (Phi) is 5.35. The summed E-state index contributed by atoms with van der Waals surface area (Å²) in [5.41, 5.74) is 0.636. The third-order valence-corrected chi connectivity index (χ3v) is 2.67. The van der Waals surface area contributed by atoms with E-state index in [2.05, 4.69) is 21.2 Å². The Bertz CT molecular complexity index is 416. The maximum Gasteiger partial charge on any atom is 0.220 e. The molecule has 92 valence electrons. The number of amides is 1. The predicted octanol–water partition coefficient (Wildman–Crippen LogP) is 2.94. The average Bonchev–Trinajstić information content (AvgIpc) is 2.25. The topological polar surface area (TPSA) is 46.2 Å². The van der Waals surface area contributed by atoms with Gasteiger partial charge in [0.15, 0.2) is 5.78 Å². The van der Waals surface area contributed by atoms with Crippen molar-refractivity contribution in [1.29, 1.82) is 0 Å². The Morgan fingerprint density at radius 3 is 2.59 bits per heavy atom. The third kappa shape index (κ3) is 5.13. The van der Waals surface area contributed by atoms with Crippen molar-refractivity contribution in [1.82, 2.24) is 5.32 Å². The lowest BCUT2D eigenvalue weighted by molar-refractivity contribution is -0.121. The highest BCUT2D eigenvalue weighted by atomic mass is 79.9. The molecule has 0 saturated heterocycles. The fourth-order valence-corrected chi connectivity index (χ4v) is 1.83. The van der Waals surface area contributed by atoms with Gasteiger partial charge in [0, 0.05) is 28.9 Å². The van der Waals surface area contributed by atoms with Crippen LogP contribution < -0.4 is 5.32 Å². The molecule has 4 heteroatoms. The summed E-state index contributed by atoms with van der Waals surface area (Å²) in [4.78, 5) is 23.2. The lowest BCUT2D eigenvalue weighted by Gasteiger charge is -2.07. The summed E-state index contributed by atoms with van der Waals surface area (Å²) in [7, 11) is 0. The van der Waals surface area contributed by atoms with E-state index in [1.54, 1.807) is 12.1 Å². The first-order valence-electron chi connectivity index (χ1n) is 5.57. The Labute approximate surface area is 110 Å². The van der Waals surface area contributed by atoms with Gasteiger partial charge in [0.25, 0.3) is 0 Å². The van der Waals surface area contributed by atoms with E-state index in [9.17, 15) is 9.59 Å². The smallest absolute Gasteiger partial charge is 0.220 e. The molecule has 0 fully saturated rings. The minimum absolute atomic E-state index is 0.00907. The second-order valence-corrected chi connectivity index (χ2v) is 5.07. The lowest BCUT2D eigenvalue weighted by atomic mass is 10.1. The molecular formula is C13H16BrNO2. The molecule has 0 radical (unpaired) electrons. The number of Topliss-reactive ketones (excluding diaryl/α,β-unsaturated/α-hetero) is 1. The average molecular weight is 298 g/mol. The Balaban J connectivity index is 2.48. The number of rotatable bonds is 5. The van der Waals surface area contributed by atoms with E-state index in [1.807, 2.05) is 26.0 Å². The van der Waals surface area contributed by atoms with Gasteiger partial charge in [0.1, 0.15) is 0 Å². The van der Waals surface area contributed by atoms with E-state index in [0.717, 1.165) is 4.47 Å². The molecule has 0 heterocycles. The van der Waals surface area contributed by atoms with Crippen LogP contribution >= 0.6 is 15.9 Å². The van der Waals surface area contributed by atoms with Crippen LogP contribution in [0, 0.1) is 0 Å². The van der Waals surface area contributed by atoms with E-state index < -0.39 is 0 Å². The lowest BCUT2D eigenvalue weighted by Crippen LogP contribution is -2.30. The minimum Gasteiger partial charge on any atom is -0.354 e. The van der Waals surface area contributed by atoms with Crippen LogP contribution in [0.4, 0.5) is 0 Å². The number of nitrogens with one attached hydrogen (secondary N) is 1. The van der Waals surface area contributed by atoms with E-state index >= 15 is 0 Å². The normalized spacial score (nSPS) is 10.4. The highest BCUT2D eigenvalue weighted by molar-refractivity contribution is 9.10. The van der Waals surface area contributed by atoms with Crippen molar-refractivity contribution in [3.63, 3.8) is 0 Å². The highest BCUT2D eigenvalue weighted by Gasteiger charge is 2.09. The molecule has 1 rings (SSSR count). The van der Waals surface area contributed by atoms with Gasteiger partial charge in [0.2, 0.25) is 5.91 Å². The zero-order valence-corrected chi connectivity index (χ0v) is 11.6. The Hall–Kier alpha value is -1.16. The van der Waals surface area contributed by atoms with E-state index in [-0.39, 0.29) is 30.6 Å². The van der Waals surface area contributed by atoms with Crippen molar-refractivity contribution in [2.24, 2.45) is 0 Å². The first-order valence-corrected chi connectivity index (χ1v) is 6.36. The maximum atomic E-state index is 11.8. The van der Waals surface area contributed by atoms with E-state index in [1.165, 1.54) is 0 Å². The first kappa shape index (κ1) is 13.9. The molecule has 0 saturated carbocycles. The quantitative estimate of drug-likeness (QED) is 0.850. The molecule has 1 aromatic carbocycles. The first-order chi connectivity index (χ1) is 7.99. The second-order valence-electron chi connectivity index (χ2n) is 4.16. The minimum atomic E-state index is -0.0802. The van der Waals surface area contributed by atoms with Crippen LogP contribution in [0.3, 0.4) is 0 Å². The number of carbonyl (C=O) groups excluding carboxylic acids is 2. The Morgan fingerprint density at radius 1 is 1.29 bits per heavy atom. The fourth-order valence-electron chi connectivity index (χ4n) is 1.43. The molecule has 0 aliphatic rings. The van der Waals surface area contributed by atoms with Crippen molar-refractivity contribution in [3.05, 3.63) is 34.3 Å². The van der Waals surface area contributed by atoms with Crippen molar-refractivity contribution in [3.8, 4) is 0 Å². The number of ketones is 1. The summed E-state index contributed by atoms with van der Waals surface area (Å²) in [5.74, 6) is -0.0893. The van der Waals surface area contributed by atoms with E-state index in [0.29, 0.717) is 5.56 Å². The third-order valence-electron chi connectivity index (χ3n) is 2.18. The van der Waals surface area contributed by atoms with Gasteiger partial charge in [-0.3, -0.25) is 9.59 Å². The van der Waals surface area contributed by atoms with Crippen molar-refractivity contribution >= 4 is 27.6 Å². The van der Waals surface area contributed by atoms with Gasteiger partial charge in [0.05, 0.1) is 0 Å². The van der Waals surface area contributed by atoms with Crippen LogP contribution in [-0.4, -0.2) is 17.7 Å². The van der Waals surface area contributed by atoms with Gasteiger partial charge < -0.3 is 5.32 Å². The summed E-state index contributed by atoms with van der Waals surface area (Å²) in [5, 5.41) is 2.76. The van der Waals surface area contributed by atoms with Crippen molar-refractivity contribution in [2.75, 3.05) is 0 Å². The summed E-state index contributed by atoms with van der Waals surface area (Å²) in [6.45, 7) is 3.79. The number of carbonyl (C=O) groups is 2. The van der Waals surface area contributed by atoms with Gasteiger partial charge in [-0.1, -0.05) is 28.1 Å². The van der Waals surface area contributed by atoms with Gasteiger partial charge in [-0.2, -0.15) is 0 Å². The SMILES string of the molecule is CC(C)NC(=O)CCC(=O)c1cccc(Br)c1. The number of hydrogen-bond acceptors (Lipinski definition) is 2. The Morgan fingerprint density at radius 2 is 2.00 bits per heavy atom. The standard InChI is InChI=1S/C13H16BrNO2/c1-9(2)15-13(17)7-6-12(16)10-4-3-5-11(14)8-10/h3-5,8-9H,6-7H2,1-2H3,(H,15,17). The fraction of sp³-hybridized carbons (Fsp3) is 0.385. The molecule has 0 bridgehead atoms. The zero-order chi connectivity index (χ0) is 12.8. The molecule has 0 spiro atoms. The number of hydrogen-bond donors (Lipinski definition) is 1. The molecule has 0 aliphatic heterocycles. The molecule has 1 amide bonds. The molecule has 1 N–H and O–H groups in total. The number of benzene rings is 1. The molecule has 17 heavy (non-hydrogen) atoms. The molecule has 0 atom stereocenters. The van der Waals surface area contributed by atoms with Crippen LogP contribution in [-0.2, 0) is 4.79 Å². The zero-order valence-electron chi connectivity index (χ0n) is 10.00. The van der Waals surface area contributed by atoms with Crippen molar-refractivity contribution in [2.45, 2.75) is 32.7 Å². The maximum absolute atomic E-state index is 11.8. The van der Waals surface area contributed by atoms with Gasteiger partial charge in [-0.25, -0.2) is 0 Å². The monoisotopic (exact) mass is 297 g/mol. The molecule has 0 aliphatic carbocycles. The summed E-state index contributed by atoms with van der Waals surface area (Å²) in [6, 6.07) is 7.31.